The van der Waals surface area contributed by atoms with E-state index in [1.54, 1.807) is 398 Å². The molecule has 4 nitrogen and oxygen atoms in total. The highest BCUT2D eigenvalue weighted by atomic mass is 15.3. The van der Waals surface area contributed by atoms with Crippen LogP contribution in [0.25, 0.3) is 0 Å². The maximum atomic E-state index is 3.80. The summed E-state index contributed by atoms with van der Waals surface area (Å²) in [4.78, 5) is 15.2. The van der Waals surface area contributed by atoms with Crippen molar-refractivity contribution < 1.29 is 0 Å². The quantitative estimate of drug-likeness (QED) is 0.193. The fraction of sp³-hybridized carbons (Fsp3) is 1.00. The molecule has 32 atom stereocenters. The van der Waals surface area contributed by atoms with Crippen LogP contribution in [0.2, 0.25) is 0 Å². The number of nitrogens with zero attached hydrogens (tertiary/aromatic N) is 4. The molecule has 0 N–H and O–H groups in total. The fourth-order valence-corrected chi connectivity index (χ4v) is 36.0. The summed E-state index contributed by atoms with van der Waals surface area (Å²) in [5.41, 5.74) is 0. The first-order chi connectivity index (χ1) is 49.5. The lowest BCUT2D eigenvalue weighted by Crippen LogP contribution is -2.72. The van der Waals surface area contributed by atoms with E-state index in [1.807, 2.05) is 0 Å². The first kappa shape index (κ1) is 69.1. The van der Waals surface area contributed by atoms with Gasteiger partial charge < -0.3 is 0 Å². The van der Waals surface area contributed by atoms with E-state index < -0.39 is 0 Å². The van der Waals surface area contributed by atoms with Gasteiger partial charge in [0.25, 0.3) is 0 Å². The lowest BCUT2D eigenvalue weighted by Gasteiger charge is -2.70. The second-order valence-electron chi connectivity index (χ2n) is 43.7. The Hall–Kier alpha value is -0.160. The van der Waals surface area contributed by atoms with E-state index in [0.29, 0.717) is 0 Å². The van der Waals surface area contributed by atoms with Crippen LogP contribution in [0.5, 0.6) is 0 Å². The fourth-order valence-electron chi connectivity index (χ4n) is 36.0. The van der Waals surface area contributed by atoms with E-state index in [0.717, 1.165) is 203 Å². The molecule has 0 saturated heterocycles. The van der Waals surface area contributed by atoms with Gasteiger partial charge in [0, 0.05) is 72.5 Å². The second-order valence-corrected chi connectivity index (χ2v) is 43.7. The topological polar surface area (TPSA) is 13.0 Å². The van der Waals surface area contributed by atoms with E-state index in [-0.39, 0.29) is 0 Å². The predicted molar refractivity (Wildman–Crippen MR) is 416 cm³/mol. The highest BCUT2D eigenvalue weighted by Crippen LogP contribution is 2.67. The molecule has 0 aromatic rings. The molecule has 0 aliphatic heterocycles. The van der Waals surface area contributed by atoms with Gasteiger partial charge in [-0.1, -0.05) is 205 Å². The molecule has 20 aliphatic carbocycles. The van der Waals surface area contributed by atoms with Crippen LogP contribution < -0.4 is 0 Å². The van der Waals surface area contributed by atoms with Gasteiger partial charge in [-0.15, -0.1) is 0 Å². The van der Waals surface area contributed by atoms with Gasteiger partial charge in [-0.25, -0.2) is 0 Å². The van der Waals surface area contributed by atoms with Crippen LogP contribution in [0.3, 0.4) is 0 Å². The van der Waals surface area contributed by atoms with Crippen LogP contribution in [0.1, 0.15) is 398 Å². The summed E-state index contributed by atoms with van der Waals surface area (Å²) in [6, 6.07) is 10.4. The summed E-state index contributed by atoms with van der Waals surface area (Å²) in [5.74, 6) is 22.5. The smallest absolute Gasteiger partial charge is 0.0147 e. The summed E-state index contributed by atoms with van der Waals surface area (Å²) in [5, 5.41) is 0. The van der Waals surface area contributed by atoms with Gasteiger partial charge in [0.2, 0.25) is 0 Å². The van der Waals surface area contributed by atoms with E-state index in [2.05, 4.69) is 19.6 Å². The maximum Gasteiger partial charge on any atom is 0.0147 e. The molecule has 562 valence electrons. The third-order valence-electron chi connectivity index (χ3n) is 40.0. The van der Waals surface area contributed by atoms with Crippen LogP contribution in [-0.4, -0.2) is 92.1 Å². The molecule has 0 amide bonds. The third kappa shape index (κ3) is 13.4. The summed E-state index contributed by atoms with van der Waals surface area (Å²) in [6.07, 6.45) is 98.2. The molecule has 0 radical (unpaired) electrons. The average Bonchev–Trinajstić information content (AvgIpc) is 0.698. The zero-order valence-electron chi connectivity index (χ0n) is 65.3. The summed E-state index contributed by atoms with van der Waals surface area (Å²) in [6.45, 7) is 0. The molecule has 0 heterocycles. The first-order valence-electron chi connectivity index (χ1n) is 48.6. The highest BCUT2D eigenvalue weighted by Gasteiger charge is 2.66. The Morgan fingerprint density at radius 3 is 0.410 bits per heavy atom. The molecule has 20 aliphatic rings. The predicted octanol–water partition coefficient (Wildman–Crippen LogP) is 24.6. The maximum absolute atomic E-state index is 3.80. The highest BCUT2D eigenvalue weighted by molar-refractivity contribution is 5.18. The van der Waals surface area contributed by atoms with Gasteiger partial charge in [0.15, 0.2) is 0 Å². The molecule has 4 heteroatoms. The molecular weight excluding hydrogens is 1210 g/mol. The van der Waals surface area contributed by atoms with Crippen LogP contribution >= 0.6 is 0 Å². The Kier molecular flexibility index (Phi) is 21.1. The normalized spacial score (nSPS) is 52.7. The van der Waals surface area contributed by atoms with Crippen LogP contribution in [0.15, 0.2) is 0 Å². The van der Waals surface area contributed by atoms with E-state index in [9.17, 15) is 0 Å². The van der Waals surface area contributed by atoms with Crippen molar-refractivity contribution in [3.63, 3.8) is 0 Å². The van der Waals surface area contributed by atoms with Crippen LogP contribution in [-0.2, 0) is 0 Å². The average molecular weight is 1370 g/mol. The van der Waals surface area contributed by atoms with Crippen molar-refractivity contribution in [3.8, 4) is 0 Å². The van der Waals surface area contributed by atoms with Crippen molar-refractivity contribution in [3.05, 3.63) is 0 Å². The molecule has 0 bridgehead atoms. The number of hydrogen-bond acceptors (Lipinski definition) is 4. The lowest BCUT2D eigenvalue weighted by molar-refractivity contribution is -0.201. The van der Waals surface area contributed by atoms with Crippen molar-refractivity contribution >= 4 is 0 Å². The minimum atomic E-state index is 0.845. The summed E-state index contributed by atoms with van der Waals surface area (Å²) in [7, 11) is 0. The molecular formula is C96H158N4. The zero-order valence-corrected chi connectivity index (χ0v) is 65.3. The van der Waals surface area contributed by atoms with Crippen molar-refractivity contribution in [2.45, 2.75) is 471 Å². The number of fused-ring (bicyclic) bond motifs is 8. The minimum absolute atomic E-state index is 0.845. The van der Waals surface area contributed by atoms with Crippen molar-refractivity contribution in [2.75, 3.05) is 0 Å². The molecule has 0 spiro atoms. The largest absolute Gasteiger partial charge is 0.294 e. The standard InChI is InChI=1S/C96H158N4/c1-9-25-71-53-79(41-33-63(71)17-1)97(80-42-34-64-18-2-10-26-72(64)54-80)91-61-92(98(81-43-35-65-19-3-11-27-73(65)55-81)82-44-36-66-20-4-12-28-74(66)56-82)88-51-52-90-94(100(85-47-39-69-23-7-15-31-77(69)59-85)86-48-40-70-24-8-16-32-78(70)60-86)62-93(89-50-49-87(91)95(88)96(89)90)99(83-45-37-67-21-5-13-29-75(67)57-83)84-46-38-68-22-6-14-30-76(68)58-84/h63-96H,1-62H2. The van der Waals surface area contributed by atoms with Crippen molar-refractivity contribution in [1.82, 2.24) is 19.6 Å². The van der Waals surface area contributed by atoms with Gasteiger partial charge in [-0.05, 0) is 323 Å². The van der Waals surface area contributed by atoms with Gasteiger partial charge in [-0.3, -0.25) is 19.6 Å². The molecule has 20 saturated carbocycles. The first-order valence-corrected chi connectivity index (χ1v) is 48.6. The Labute approximate surface area is 616 Å². The third-order valence-corrected chi connectivity index (χ3v) is 40.0. The van der Waals surface area contributed by atoms with E-state index in [1.165, 1.54) is 0 Å². The number of hydrogen-bond donors (Lipinski definition) is 0. The Bertz CT molecular complexity index is 2170. The van der Waals surface area contributed by atoms with E-state index in [4.69, 9.17) is 0 Å². The Balaban J connectivity index is 0.748. The second kappa shape index (κ2) is 30.6. The molecule has 32 unspecified atom stereocenters. The zero-order chi connectivity index (χ0) is 65.8. The van der Waals surface area contributed by atoms with Crippen LogP contribution in [0.4, 0.5) is 0 Å². The van der Waals surface area contributed by atoms with E-state index >= 15 is 0 Å². The summed E-state index contributed by atoms with van der Waals surface area (Å²) >= 11 is 0. The van der Waals surface area contributed by atoms with Crippen LogP contribution in [0, 0.1) is 130 Å². The molecule has 0 aromatic heterocycles. The Morgan fingerprint density at radius 1 is 0.120 bits per heavy atom. The van der Waals surface area contributed by atoms with Gasteiger partial charge in [0.1, 0.15) is 0 Å². The van der Waals surface area contributed by atoms with Gasteiger partial charge in [0.05, 0.1) is 0 Å². The molecule has 100 heavy (non-hydrogen) atoms. The Morgan fingerprint density at radius 2 is 0.260 bits per heavy atom. The van der Waals surface area contributed by atoms with Crippen molar-refractivity contribution in [1.29, 1.82) is 0 Å². The number of rotatable bonds is 12. The van der Waals surface area contributed by atoms with Crippen molar-refractivity contribution in [2.24, 2.45) is 130 Å². The summed E-state index contributed by atoms with van der Waals surface area (Å²) < 4.78 is 0. The lowest BCUT2D eigenvalue weighted by atomic mass is 9.44. The minimum Gasteiger partial charge on any atom is -0.294 e. The molecule has 20 rings (SSSR count). The monoisotopic (exact) mass is 1370 g/mol. The van der Waals surface area contributed by atoms with Gasteiger partial charge in [-0.2, -0.15) is 0 Å². The molecule has 0 aromatic carbocycles. The van der Waals surface area contributed by atoms with Gasteiger partial charge >= 0.3 is 0 Å². The SMILES string of the molecule is C1CCC2CC(N(C3CCC4CCCCC4C3)C3CC(N(C4CCC5CCCCC5C4)C4CCC5CCCCC5C4)C4CCC5C6C(CCC3C46)C(N(C3CCC4CCCCC4C3)C3CCC4CCCCC4C3)CC5N(C3CCC4CCCCC4C3)C3CCC4CCCCC4C3)CCC2C1. The molecule has 20 fully saturated rings.